The van der Waals surface area contributed by atoms with Crippen molar-refractivity contribution < 1.29 is 4.79 Å². The number of hydrogen-bond acceptors (Lipinski definition) is 1. The highest BCUT2D eigenvalue weighted by atomic mass is 16.1. The Morgan fingerprint density at radius 2 is 2.07 bits per heavy atom. The van der Waals surface area contributed by atoms with E-state index in [4.69, 9.17) is 0 Å². The lowest BCUT2D eigenvalue weighted by Crippen LogP contribution is -2.20. The van der Waals surface area contributed by atoms with Crippen molar-refractivity contribution in [3.63, 3.8) is 0 Å². The monoisotopic (exact) mass is 192 g/mol. The predicted octanol–water partition coefficient (Wildman–Crippen LogP) is 3.20. The van der Waals surface area contributed by atoms with Crippen LogP contribution < -0.4 is 0 Å². The summed E-state index contributed by atoms with van der Waals surface area (Å²) in [5.41, 5.74) is 0. The lowest BCUT2D eigenvalue weighted by atomic mass is 9.81. The molecule has 1 fully saturated rings. The van der Waals surface area contributed by atoms with Crippen molar-refractivity contribution in [1.82, 2.24) is 0 Å². The maximum atomic E-state index is 11.0. The molecular formula is C13H20O. The van der Waals surface area contributed by atoms with Crippen LogP contribution in [-0.2, 0) is 4.79 Å². The first-order valence-electron chi connectivity index (χ1n) is 6.00. The Morgan fingerprint density at radius 3 is 2.79 bits per heavy atom. The van der Waals surface area contributed by atoms with Gasteiger partial charge in [-0.05, 0) is 30.6 Å². The van der Waals surface area contributed by atoms with Gasteiger partial charge in [-0.3, -0.25) is 0 Å². The smallest absolute Gasteiger partial charge is 0.123 e. The van der Waals surface area contributed by atoms with Crippen molar-refractivity contribution in [2.24, 2.45) is 23.7 Å². The van der Waals surface area contributed by atoms with Gasteiger partial charge in [0.2, 0.25) is 0 Å². The number of unbranched alkanes of at least 4 members (excludes halogenated alkanes) is 2. The Balaban J connectivity index is 1.90. The molecule has 4 atom stereocenters. The number of hydrogen-bond donors (Lipinski definition) is 0. The average molecular weight is 192 g/mol. The standard InChI is InChI=1S/C13H20O/c1-2-3-4-5-12-10-6-7-11(8-10)13(12)9-14/h6-7,9-13H,2-5,8H2,1H3/t10-,11+,12-,13-/m1/s1. The molecular weight excluding hydrogens is 172 g/mol. The molecule has 0 aromatic carbocycles. The van der Waals surface area contributed by atoms with E-state index in [1.54, 1.807) is 0 Å². The molecule has 0 spiro atoms. The maximum Gasteiger partial charge on any atom is 0.123 e. The van der Waals surface area contributed by atoms with Crippen LogP contribution in [0.1, 0.15) is 39.0 Å². The molecule has 2 bridgehead atoms. The van der Waals surface area contributed by atoms with E-state index in [-0.39, 0.29) is 0 Å². The number of fused-ring (bicyclic) bond motifs is 2. The molecule has 2 aliphatic rings. The number of carbonyl (C=O) groups excluding carboxylic acids is 1. The first-order valence-corrected chi connectivity index (χ1v) is 6.00. The molecule has 0 aromatic rings. The molecule has 0 unspecified atom stereocenters. The van der Waals surface area contributed by atoms with Gasteiger partial charge in [-0.1, -0.05) is 38.3 Å². The molecule has 0 N–H and O–H groups in total. The second kappa shape index (κ2) is 4.29. The van der Waals surface area contributed by atoms with Crippen LogP contribution in [0.3, 0.4) is 0 Å². The van der Waals surface area contributed by atoms with Crippen molar-refractivity contribution in [2.45, 2.75) is 39.0 Å². The van der Waals surface area contributed by atoms with Gasteiger partial charge >= 0.3 is 0 Å². The third kappa shape index (κ3) is 1.65. The molecule has 2 aliphatic carbocycles. The SMILES string of the molecule is CCCCC[C@H]1[C@H](C=O)[C@H]2C=C[C@@H]1C2. The summed E-state index contributed by atoms with van der Waals surface area (Å²) >= 11 is 0. The van der Waals surface area contributed by atoms with Crippen LogP contribution in [-0.4, -0.2) is 6.29 Å². The summed E-state index contributed by atoms with van der Waals surface area (Å²) < 4.78 is 0. The van der Waals surface area contributed by atoms with Crippen LogP contribution in [0.15, 0.2) is 12.2 Å². The fourth-order valence-electron chi connectivity index (χ4n) is 3.20. The van der Waals surface area contributed by atoms with Gasteiger partial charge in [-0.2, -0.15) is 0 Å². The highest BCUT2D eigenvalue weighted by molar-refractivity contribution is 5.57. The summed E-state index contributed by atoms with van der Waals surface area (Å²) in [6.45, 7) is 2.23. The van der Waals surface area contributed by atoms with Crippen LogP contribution >= 0.6 is 0 Å². The topological polar surface area (TPSA) is 17.1 Å². The second-order valence-corrected chi connectivity index (χ2v) is 4.82. The summed E-state index contributed by atoms with van der Waals surface area (Å²) in [5, 5.41) is 0. The van der Waals surface area contributed by atoms with E-state index in [2.05, 4.69) is 19.1 Å². The highest BCUT2D eigenvalue weighted by Gasteiger charge is 2.43. The zero-order valence-electron chi connectivity index (χ0n) is 8.99. The van der Waals surface area contributed by atoms with E-state index in [0.29, 0.717) is 17.8 Å². The van der Waals surface area contributed by atoms with Crippen LogP contribution in [0.2, 0.25) is 0 Å². The lowest BCUT2D eigenvalue weighted by Gasteiger charge is -2.23. The molecule has 2 rings (SSSR count). The molecule has 1 nitrogen and oxygen atoms in total. The Labute approximate surface area is 86.6 Å². The van der Waals surface area contributed by atoms with Gasteiger partial charge in [-0.25, -0.2) is 0 Å². The molecule has 1 saturated carbocycles. The molecule has 1 heteroatoms. The van der Waals surface area contributed by atoms with Crippen molar-refractivity contribution in [3.05, 3.63) is 12.2 Å². The summed E-state index contributed by atoms with van der Waals surface area (Å²) in [7, 11) is 0. The molecule has 0 aromatic heterocycles. The third-order valence-electron chi connectivity index (χ3n) is 3.99. The third-order valence-corrected chi connectivity index (χ3v) is 3.99. The van der Waals surface area contributed by atoms with Gasteiger partial charge in [0.1, 0.15) is 6.29 Å². The predicted molar refractivity (Wildman–Crippen MR) is 57.9 cm³/mol. The van der Waals surface area contributed by atoms with E-state index in [0.717, 1.165) is 5.92 Å². The summed E-state index contributed by atoms with van der Waals surface area (Å²) in [6.07, 6.45) is 12.3. The number of rotatable bonds is 5. The van der Waals surface area contributed by atoms with E-state index >= 15 is 0 Å². The molecule has 0 radical (unpaired) electrons. The Kier molecular flexibility index (Phi) is 3.05. The van der Waals surface area contributed by atoms with Crippen molar-refractivity contribution in [3.8, 4) is 0 Å². The first-order chi connectivity index (χ1) is 6.86. The minimum absolute atomic E-state index is 0.349. The zero-order valence-corrected chi connectivity index (χ0v) is 8.99. The van der Waals surface area contributed by atoms with Crippen molar-refractivity contribution in [2.75, 3.05) is 0 Å². The Morgan fingerprint density at radius 1 is 1.29 bits per heavy atom. The second-order valence-electron chi connectivity index (χ2n) is 4.82. The lowest BCUT2D eigenvalue weighted by molar-refractivity contribution is -0.113. The van der Waals surface area contributed by atoms with Gasteiger partial charge in [0.25, 0.3) is 0 Å². The molecule has 78 valence electrons. The van der Waals surface area contributed by atoms with Crippen LogP contribution in [0, 0.1) is 23.7 Å². The summed E-state index contributed by atoms with van der Waals surface area (Å²) in [5.74, 6) is 2.34. The quantitative estimate of drug-likeness (QED) is 0.371. The van der Waals surface area contributed by atoms with E-state index in [1.165, 1.54) is 38.4 Å². The number of carbonyl (C=O) groups is 1. The maximum absolute atomic E-state index is 11.0. The minimum atomic E-state index is 0.349. The van der Waals surface area contributed by atoms with Gasteiger partial charge < -0.3 is 4.79 Å². The summed E-state index contributed by atoms with van der Waals surface area (Å²) in [4.78, 5) is 11.0. The first kappa shape index (κ1) is 9.95. The molecule has 14 heavy (non-hydrogen) atoms. The molecule has 0 amide bonds. The van der Waals surface area contributed by atoms with E-state index < -0.39 is 0 Å². The van der Waals surface area contributed by atoms with E-state index in [1.807, 2.05) is 0 Å². The van der Waals surface area contributed by atoms with Crippen LogP contribution in [0.5, 0.6) is 0 Å². The van der Waals surface area contributed by atoms with Gasteiger partial charge in [0.15, 0.2) is 0 Å². The largest absolute Gasteiger partial charge is 0.303 e. The van der Waals surface area contributed by atoms with Gasteiger partial charge in [0.05, 0.1) is 0 Å². The van der Waals surface area contributed by atoms with Crippen LogP contribution in [0.4, 0.5) is 0 Å². The van der Waals surface area contributed by atoms with Crippen LogP contribution in [0.25, 0.3) is 0 Å². The molecule has 0 heterocycles. The Hall–Kier alpha value is -0.590. The number of allylic oxidation sites excluding steroid dienone is 2. The van der Waals surface area contributed by atoms with Crippen molar-refractivity contribution in [1.29, 1.82) is 0 Å². The van der Waals surface area contributed by atoms with E-state index in [9.17, 15) is 4.79 Å². The normalized spacial score (nSPS) is 39.2. The fraction of sp³-hybridized carbons (Fsp3) is 0.769. The zero-order chi connectivity index (χ0) is 9.97. The fourth-order valence-corrected chi connectivity index (χ4v) is 3.20. The number of aldehydes is 1. The van der Waals surface area contributed by atoms with Gasteiger partial charge in [-0.15, -0.1) is 0 Å². The van der Waals surface area contributed by atoms with Gasteiger partial charge in [0, 0.05) is 5.92 Å². The molecule has 0 saturated heterocycles. The highest BCUT2D eigenvalue weighted by Crippen LogP contribution is 2.48. The minimum Gasteiger partial charge on any atom is -0.303 e. The summed E-state index contributed by atoms with van der Waals surface area (Å²) in [6, 6.07) is 0. The average Bonchev–Trinajstić information content (AvgIpc) is 2.78. The Bertz CT molecular complexity index is 231. The molecule has 0 aliphatic heterocycles. The van der Waals surface area contributed by atoms with Crippen molar-refractivity contribution >= 4 is 6.29 Å².